The van der Waals surface area contributed by atoms with Crippen LogP contribution in [-0.4, -0.2) is 0 Å². The summed E-state index contributed by atoms with van der Waals surface area (Å²) in [5.74, 6) is 1.83. The molecule has 0 saturated heterocycles. The van der Waals surface area contributed by atoms with E-state index in [1.54, 1.807) is 0 Å². The maximum atomic E-state index is 7.37. The van der Waals surface area contributed by atoms with Crippen LogP contribution in [0.1, 0.15) is 79.4 Å². The van der Waals surface area contributed by atoms with E-state index in [9.17, 15) is 0 Å². The molecule has 0 atom stereocenters. The van der Waals surface area contributed by atoms with Crippen molar-refractivity contribution in [2.24, 2.45) is 10.8 Å². The molecule has 2 aromatic rings. The summed E-state index contributed by atoms with van der Waals surface area (Å²) >= 11 is -4.26. The van der Waals surface area contributed by atoms with Crippen molar-refractivity contribution in [3.05, 3.63) is 102 Å². The zero-order valence-corrected chi connectivity index (χ0v) is 26.5. The first kappa shape index (κ1) is 27.9. The van der Waals surface area contributed by atoms with E-state index >= 15 is 0 Å². The molecule has 4 rings (SSSR count). The third kappa shape index (κ3) is 5.98. The third-order valence-corrected chi connectivity index (χ3v) is 16.3. The number of rotatable bonds is 8. The Morgan fingerprint density at radius 2 is 0.946 bits per heavy atom. The van der Waals surface area contributed by atoms with E-state index in [1.165, 1.54) is 28.8 Å². The van der Waals surface area contributed by atoms with Crippen LogP contribution in [0.5, 0.6) is 11.5 Å². The van der Waals surface area contributed by atoms with Crippen molar-refractivity contribution in [2.75, 3.05) is 0 Å². The van der Waals surface area contributed by atoms with Crippen LogP contribution in [0.4, 0.5) is 0 Å². The van der Waals surface area contributed by atoms with Gasteiger partial charge in [0.2, 0.25) is 0 Å². The predicted octanol–water partition coefficient (Wildman–Crippen LogP) is 9.77. The molecule has 0 heterocycles. The molecular weight excluding hydrogens is 532 g/mol. The fourth-order valence-corrected chi connectivity index (χ4v) is 15.8. The summed E-state index contributed by atoms with van der Waals surface area (Å²) in [6.45, 7) is 18.3. The van der Waals surface area contributed by atoms with Gasteiger partial charge in [0.25, 0.3) is 0 Å². The average molecular weight is 576 g/mol. The van der Waals surface area contributed by atoms with Gasteiger partial charge in [0.15, 0.2) is 0 Å². The monoisotopic (exact) mass is 574 g/mol. The second-order valence-electron chi connectivity index (χ2n) is 12.3. The molecule has 3 heteroatoms. The van der Waals surface area contributed by atoms with Crippen molar-refractivity contribution in [3.8, 4) is 11.5 Å². The normalized spacial score (nSPS) is 16.2. The van der Waals surface area contributed by atoms with E-state index in [2.05, 4.69) is 128 Å². The van der Waals surface area contributed by atoms with Crippen LogP contribution in [0.3, 0.4) is 0 Å². The van der Waals surface area contributed by atoms with E-state index < -0.39 is 21.1 Å². The zero-order valence-electron chi connectivity index (χ0n) is 24.1. The van der Waals surface area contributed by atoms with Crippen LogP contribution in [0.15, 0.2) is 90.5 Å². The van der Waals surface area contributed by atoms with Crippen LogP contribution in [-0.2, 0) is 34.0 Å². The van der Waals surface area contributed by atoms with E-state index in [-0.39, 0.29) is 10.8 Å². The van der Waals surface area contributed by atoms with Crippen molar-refractivity contribution in [1.82, 2.24) is 0 Å². The van der Waals surface area contributed by atoms with Crippen molar-refractivity contribution in [1.29, 1.82) is 0 Å². The van der Waals surface area contributed by atoms with Crippen molar-refractivity contribution in [2.45, 2.75) is 81.1 Å². The van der Waals surface area contributed by atoms with E-state index in [4.69, 9.17) is 5.63 Å². The molecule has 196 valence electrons. The third-order valence-electron chi connectivity index (χ3n) is 7.46. The fraction of sp³-hybridized carbons (Fsp3) is 0.412. The van der Waals surface area contributed by atoms with Crippen LogP contribution in [0, 0.1) is 10.8 Å². The Labute approximate surface area is 230 Å². The SMILES string of the molecule is CCc1ccc([O][Zr]([O]c2ccc(CC)cc2)([C]2=C(C(C)(C)C)C=CC2)[C]2=C(C(C)(C)C)C=CC2)cc1. The molecule has 0 spiro atoms. The van der Waals surface area contributed by atoms with Gasteiger partial charge in [0.1, 0.15) is 0 Å². The van der Waals surface area contributed by atoms with E-state index in [0.29, 0.717) is 0 Å². The average Bonchev–Trinajstić information content (AvgIpc) is 3.55. The molecule has 0 bridgehead atoms. The number of aryl methyl sites for hydroxylation is 2. The molecule has 0 saturated carbocycles. The number of allylic oxidation sites excluding steroid dienone is 8. The summed E-state index contributed by atoms with van der Waals surface area (Å²) in [6, 6.07) is 17.4. The Kier molecular flexibility index (Phi) is 8.25. The molecule has 2 aliphatic carbocycles. The first-order valence-electron chi connectivity index (χ1n) is 13.8. The Morgan fingerprint density at radius 1 is 0.595 bits per heavy atom. The van der Waals surface area contributed by atoms with Gasteiger partial charge in [-0.2, -0.15) is 0 Å². The van der Waals surface area contributed by atoms with Crippen LogP contribution < -0.4 is 5.63 Å². The van der Waals surface area contributed by atoms with E-state index in [1.807, 2.05) is 0 Å². The van der Waals surface area contributed by atoms with Gasteiger partial charge < -0.3 is 0 Å². The van der Waals surface area contributed by atoms with Gasteiger partial charge in [-0.15, -0.1) is 0 Å². The van der Waals surface area contributed by atoms with Gasteiger partial charge >= 0.3 is 232 Å². The zero-order chi connectivity index (χ0) is 26.8. The summed E-state index contributed by atoms with van der Waals surface area (Å²) in [4.78, 5) is 0. The van der Waals surface area contributed by atoms with Gasteiger partial charge in [-0.05, 0) is 0 Å². The summed E-state index contributed by atoms with van der Waals surface area (Å²) in [7, 11) is 0. The molecule has 0 aliphatic heterocycles. The predicted molar refractivity (Wildman–Crippen MR) is 153 cm³/mol. The van der Waals surface area contributed by atoms with Gasteiger partial charge in [-0.3, -0.25) is 0 Å². The Morgan fingerprint density at radius 3 is 1.24 bits per heavy atom. The number of hydrogen-bond acceptors (Lipinski definition) is 2. The van der Waals surface area contributed by atoms with E-state index in [0.717, 1.165) is 37.2 Å². The Balaban J connectivity index is 1.99. The van der Waals surface area contributed by atoms with Crippen LogP contribution in [0.25, 0.3) is 0 Å². The van der Waals surface area contributed by atoms with Crippen LogP contribution in [0.2, 0.25) is 0 Å². The van der Waals surface area contributed by atoms with Gasteiger partial charge in [-0.1, -0.05) is 0 Å². The number of benzene rings is 2. The number of hydrogen-bond donors (Lipinski definition) is 0. The molecule has 2 nitrogen and oxygen atoms in total. The quantitative estimate of drug-likeness (QED) is 0.312. The summed E-state index contributed by atoms with van der Waals surface area (Å²) in [5.41, 5.74) is 5.41. The summed E-state index contributed by atoms with van der Waals surface area (Å²) in [5, 5.41) is 0. The molecule has 2 aliphatic rings. The van der Waals surface area contributed by atoms with Gasteiger partial charge in [0, 0.05) is 0 Å². The standard InChI is InChI=1S/2C9H13.2C8H10O.Zr/c2*1-9(2,3)8-6-4-5-7-8;2*1-2-7-3-5-8(9)6-4-7;/h2*4,6H,5H2,1-3H3;2*3-6,9H,2H2,1H3;/q;;;;+2/p-2. The van der Waals surface area contributed by atoms with Crippen LogP contribution >= 0.6 is 0 Å². The maximum absolute atomic E-state index is 7.37. The minimum atomic E-state index is -4.26. The Hall–Kier alpha value is -2.12. The first-order valence-corrected chi connectivity index (χ1v) is 18.3. The molecule has 37 heavy (non-hydrogen) atoms. The molecule has 2 aromatic carbocycles. The topological polar surface area (TPSA) is 18.5 Å². The van der Waals surface area contributed by atoms with Gasteiger partial charge in [-0.25, -0.2) is 0 Å². The second kappa shape index (κ2) is 10.9. The molecule has 0 N–H and O–H groups in total. The molecule has 0 unspecified atom stereocenters. The molecule has 0 fully saturated rings. The minimum absolute atomic E-state index is 0.00382. The van der Waals surface area contributed by atoms with Gasteiger partial charge in [0.05, 0.1) is 0 Å². The Bertz CT molecular complexity index is 1130. The fourth-order valence-electron chi connectivity index (χ4n) is 5.41. The summed E-state index contributed by atoms with van der Waals surface area (Å²) < 4.78 is 17.6. The first-order chi connectivity index (χ1) is 17.5. The molecular formula is C34H44O2Zr. The van der Waals surface area contributed by atoms with Crippen molar-refractivity contribution >= 4 is 0 Å². The van der Waals surface area contributed by atoms with Crippen molar-refractivity contribution < 1.29 is 26.8 Å². The molecule has 0 aromatic heterocycles. The summed E-state index contributed by atoms with van der Waals surface area (Å²) in [6.07, 6.45) is 13.1. The molecule has 0 amide bonds. The molecule has 0 radical (unpaired) electrons. The second-order valence-corrected chi connectivity index (χ2v) is 19.3. The van der Waals surface area contributed by atoms with Crippen molar-refractivity contribution in [3.63, 3.8) is 0 Å².